The largest absolute Gasteiger partial charge is 0.361 e. The maximum Gasteiger partial charge on any atom is 0.0457 e. The topological polar surface area (TPSA) is 31.1 Å². The second kappa shape index (κ2) is 6.46. The number of aromatic nitrogens is 1. The van der Waals surface area contributed by atoms with Crippen LogP contribution >= 0.6 is 11.8 Å². The van der Waals surface area contributed by atoms with Gasteiger partial charge in [-0.05, 0) is 23.1 Å². The van der Waals surface area contributed by atoms with E-state index in [0.29, 0.717) is 0 Å². The van der Waals surface area contributed by atoms with Crippen molar-refractivity contribution in [3.05, 3.63) is 36.0 Å². The Morgan fingerprint density at radius 3 is 3.00 bits per heavy atom. The molecule has 1 aliphatic rings. The van der Waals surface area contributed by atoms with E-state index in [0.717, 1.165) is 13.1 Å². The molecule has 1 fully saturated rings. The Kier molecular flexibility index (Phi) is 4.43. The average molecular weight is 275 g/mol. The van der Waals surface area contributed by atoms with Crippen molar-refractivity contribution in [1.82, 2.24) is 15.2 Å². The van der Waals surface area contributed by atoms with Gasteiger partial charge in [0.25, 0.3) is 0 Å². The summed E-state index contributed by atoms with van der Waals surface area (Å²) < 4.78 is 0. The molecule has 0 saturated carbocycles. The molecule has 1 aromatic heterocycles. The SMILES string of the molecule is c1cc2ccc(CNCCN3CCSCC3)cc2[nH]1. The van der Waals surface area contributed by atoms with Gasteiger partial charge < -0.3 is 15.2 Å². The van der Waals surface area contributed by atoms with E-state index in [1.807, 2.05) is 6.20 Å². The highest BCUT2D eigenvalue weighted by molar-refractivity contribution is 7.99. The molecule has 0 spiro atoms. The number of H-pyrrole nitrogens is 1. The zero-order chi connectivity index (χ0) is 12.9. The Bertz CT molecular complexity index is 517. The zero-order valence-electron chi connectivity index (χ0n) is 11.2. The zero-order valence-corrected chi connectivity index (χ0v) is 12.0. The minimum atomic E-state index is 0.956. The van der Waals surface area contributed by atoms with E-state index in [-0.39, 0.29) is 0 Å². The number of fused-ring (bicyclic) bond motifs is 1. The number of rotatable bonds is 5. The van der Waals surface area contributed by atoms with E-state index >= 15 is 0 Å². The average Bonchev–Trinajstić information content (AvgIpc) is 2.92. The smallest absolute Gasteiger partial charge is 0.0457 e. The Balaban J connectivity index is 1.43. The Labute approximate surface area is 118 Å². The van der Waals surface area contributed by atoms with Gasteiger partial charge in [0.05, 0.1) is 0 Å². The minimum absolute atomic E-state index is 0.956. The van der Waals surface area contributed by atoms with Crippen LogP contribution in [0, 0.1) is 0 Å². The van der Waals surface area contributed by atoms with Crippen molar-refractivity contribution < 1.29 is 0 Å². The molecule has 0 bridgehead atoms. The lowest BCUT2D eigenvalue weighted by Crippen LogP contribution is -2.37. The first-order valence-electron chi connectivity index (χ1n) is 6.99. The van der Waals surface area contributed by atoms with Crippen molar-refractivity contribution in [2.24, 2.45) is 0 Å². The number of aromatic amines is 1. The molecule has 2 N–H and O–H groups in total. The second-order valence-corrected chi connectivity index (χ2v) is 6.25. The van der Waals surface area contributed by atoms with E-state index in [9.17, 15) is 0 Å². The highest BCUT2D eigenvalue weighted by Gasteiger charge is 2.08. The molecule has 0 atom stereocenters. The summed E-state index contributed by atoms with van der Waals surface area (Å²) in [7, 11) is 0. The molecule has 2 aromatic rings. The van der Waals surface area contributed by atoms with E-state index in [1.165, 1.54) is 47.6 Å². The van der Waals surface area contributed by atoms with Gasteiger partial charge in [-0.25, -0.2) is 0 Å². The van der Waals surface area contributed by atoms with E-state index in [1.54, 1.807) is 0 Å². The van der Waals surface area contributed by atoms with Crippen molar-refractivity contribution >= 4 is 22.7 Å². The fourth-order valence-corrected chi connectivity index (χ4v) is 3.48. The molecule has 1 aromatic carbocycles. The number of thioether (sulfide) groups is 1. The molecule has 2 heterocycles. The van der Waals surface area contributed by atoms with Gasteiger partial charge in [-0.15, -0.1) is 0 Å². The Morgan fingerprint density at radius 2 is 2.11 bits per heavy atom. The molecule has 0 aliphatic carbocycles. The van der Waals surface area contributed by atoms with Crippen molar-refractivity contribution in [1.29, 1.82) is 0 Å². The summed E-state index contributed by atoms with van der Waals surface area (Å²) >= 11 is 2.07. The van der Waals surface area contributed by atoms with Crippen LogP contribution in [0.2, 0.25) is 0 Å². The molecule has 3 rings (SSSR count). The predicted molar refractivity (Wildman–Crippen MR) is 83.8 cm³/mol. The van der Waals surface area contributed by atoms with Gasteiger partial charge in [-0.3, -0.25) is 0 Å². The Hall–Kier alpha value is -0.970. The summed E-state index contributed by atoms with van der Waals surface area (Å²) in [5.41, 5.74) is 2.58. The summed E-state index contributed by atoms with van der Waals surface area (Å²) in [6, 6.07) is 8.74. The summed E-state index contributed by atoms with van der Waals surface area (Å²) in [5, 5.41) is 4.83. The fourth-order valence-electron chi connectivity index (χ4n) is 2.50. The molecule has 3 nitrogen and oxygen atoms in total. The van der Waals surface area contributed by atoms with Crippen molar-refractivity contribution in [2.75, 3.05) is 37.7 Å². The number of benzene rings is 1. The highest BCUT2D eigenvalue weighted by Crippen LogP contribution is 2.14. The minimum Gasteiger partial charge on any atom is -0.361 e. The third-order valence-corrected chi connectivity index (χ3v) is 4.60. The normalized spacial score (nSPS) is 17.1. The molecule has 0 unspecified atom stereocenters. The molecule has 4 heteroatoms. The Morgan fingerprint density at radius 1 is 1.21 bits per heavy atom. The lowest BCUT2D eigenvalue weighted by atomic mass is 10.1. The van der Waals surface area contributed by atoms with Crippen LogP contribution in [0.3, 0.4) is 0 Å². The first kappa shape index (κ1) is 13.0. The lowest BCUT2D eigenvalue weighted by Gasteiger charge is -2.26. The first-order valence-corrected chi connectivity index (χ1v) is 8.14. The third-order valence-electron chi connectivity index (χ3n) is 3.66. The molecule has 102 valence electrons. The van der Waals surface area contributed by atoms with Crippen LogP contribution < -0.4 is 5.32 Å². The molecular weight excluding hydrogens is 254 g/mol. The number of hydrogen-bond donors (Lipinski definition) is 2. The lowest BCUT2D eigenvalue weighted by molar-refractivity contribution is 0.301. The molecule has 19 heavy (non-hydrogen) atoms. The third kappa shape index (κ3) is 3.53. The fraction of sp³-hybridized carbons (Fsp3) is 0.467. The molecule has 0 amide bonds. The van der Waals surface area contributed by atoms with Crippen molar-refractivity contribution in [2.45, 2.75) is 6.54 Å². The van der Waals surface area contributed by atoms with Gasteiger partial charge in [-0.1, -0.05) is 12.1 Å². The maximum atomic E-state index is 3.54. The first-order chi connectivity index (χ1) is 9.42. The number of nitrogens with zero attached hydrogens (tertiary/aromatic N) is 1. The monoisotopic (exact) mass is 275 g/mol. The molecule has 1 saturated heterocycles. The van der Waals surface area contributed by atoms with Gasteiger partial charge in [0.2, 0.25) is 0 Å². The van der Waals surface area contributed by atoms with Crippen LogP contribution in [0.4, 0.5) is 0 Å². The van der Waals surface area contributed by atoms with Crippen LogP contribution in [0.1, 0.15) is 5.56 Å². The van der Waals surface area contributed by atoms with Crippen molar-refractivity contribution in [3.8, 4) is 0 Å². The van der Waals surface area contributed by atoms with Gasteiger partial charge in [0.1, 0.15) is 0 Å². The van der Waals surface area contributed by atoms with Crippen molar-refractivity contribution in [3.63, 3.8) is 0 Å². The second-order valence-electron chi connectivity index (χ2n) is 5.03. The van der Waals surface area contributed by atoms with E-state index < -0.39 is 0 Å². The molecule has 1 aliphatic heterocycles. The van der Waals surface area contributed by atoms with Gasteiger partial charge >= 0.3 is 0 Å². The summed E-state index contributed by atoms with van der Waals surface area (Å²) in [6.45, 7) is 5.71. The van der Waals surface area contributed by atoms with Gasteiger partial charge in [0.15, 0.2) is 0 Å². The summed E-state index contributed by atoms with van der Waals surface area (Å²) in [5.74, 6) is 2.59. The summed E-state index contributed by atoms with van der Waals surface area (Å²) in [6.07, 6.45) is 2.00. The predicted octanol–water partition coefficient (Wildman–Crippen LogP) is 2.31. The van der Waals surface area contributed by atoms with Crippen LogP contribution in [-0.2, 0) is 6.54 Å². The van der Waals surface area contributed by atoms with E-state index in [4.69, 9.17) is 0 Å². The molecular formula is C15H21N3S. The van der Waals surface area contributed by atoms with Crippen LogP contribution in [0.5, 0.6) is 0 Å². The number of hydrogen-bond acceptors (Lipinski definition) is 3. The van der Waals surface area contributed by atoms with Gasteiger partial charge in [0, 0.05) is 55.9 Å². The standard InChI is InChI=1S/C15H21N3S/c1-2-14-3-4-17-15(14)11-13(1)12-16-5-6-18-7-9-19-10-8-18/h1-4,11,16-17H,5-10,12H2. The maximum absolute atomic E-state index is 3.54. The highest BCUT2D eigenvalue weighted by atomic mass is 32.2. The quantitative estimate of drug-likeness (QED) is 0.821. The van der Waals surface area contributed by atoms with E-state index in [2.05, 4.69) is 51.2 Å². The van der Waals surface area contributed by atoms with Crippen LogP contribution in [0.25, 0.3) is 10.9 Å². The summed E-state index contributed by atoms with van der Waals surface area (Å²) in [4.78, 5) is 5.82. The van der Waals surface area contributed by atoms with Gasteiger partial charge in [-0.2, -0.15) is 11.8 Å². The van der Waals surface area contributed by atoms with Crippen LogP contribution in [0.15, 0.2) is 30.5 Å². The number of nitrogens with one attached hydrogen (secondary N) is 2. The molecule has 0 radical (unpaired) electrons. The van der Waals surface area contributed by atoms with Crippen LogP contribution in [-0.4, -0.2) is 47.6 Å².